The van der Waals surface area contributed by atoms with E-state index in [4.69, 9.17) is 19.3 Å². The first-order chi connectivity index (χ1) is 10.1. The van der Waals surface area contributed by atoms with Crippen molar-refractivity contribution < 1.29 is 28.5 Å². The van der Waals surface area contributed by atoms with Gasteiger partial charge >= 0.3 is 5.97 Å². The van der Waals surface area contributed by atoms with E-state index in [0.717, 1.165) is 0 Å². The van der Waals surface area contributed by atoms with Gasteiger partial charge < -0.3 is 24.6 Å². The Balaban J connectivity index is 2.04. The fourth-order valence-electron chi connectivity index (χ4n) is 2.83. The average molecular weight is 297 g/mol. The van der Waals surface area contributed by atoms with Crippen LogP contribution in [0.3, 0.4) is 0 Å². The van der Waals surface area contributed by atoms with Crippen LogP contribution in [0.5, 0.6) is 17.2 Å². The van der Waals surface area contributed by atoms with Gasteiger partial charge in [0.2, 0.25) is 0 Å². The Morgan fingerprint density at radius 2 is 2.24 bits per heavy atom. The van der Waals surface area contributed by atoms with Crippen LogP contribution in [-0.2, 0) is 4.79 Å². The van der Waals surface area contributed by atoms with Crippen molar-refractivity contribution in [2.45, 2.75) is 12.5 Å². The molecule has 1 fully saturated rings. The number of carbonyl (C=O) groups is 1. The molecule has 0 bridgehead atoms. The topological polar surface area (TPSA) is 77.0 Å². The number of hydrogen-bond donors (Lipinski definition) is 2. The zero-order valence-corrected chi connectivity index (χ0v) is 11.5. The van der Waals surface area contributed by atoms with Crippen molar-refractivity contribution in [3.8, 4) is 17.2 Å². The van der Waals surface area contributed by atoms with Gasteiger partial charge in [-0.25, -0.2) is 4.39 Å². The van der Waals surface area contributed by atoms with Gasteiger partial charge in [0.05, 0.1) is 18.6 Å². The maximum atomic E-state index is 14.1. The third-order valence-electron chi connectivity index (χ3n) is 3.81. The van der Waals surface area contributed by atoms with Crippen LogP contribution in [0.4, 0.5) is 4.39 Å². The molecule has 1 aromatic rings. The lowest BCUT2D eigenvalue weighted by Gasteiger charge is -2.25. The zero-order chi connectivity index (χ0) is 15.0. The maximum absolute atomic E-state index is 14.1. The molecule has 1 aromatic carbocycles. The number of nitrogens with one attached hydrogen (secondary N) is 1. The summed E-state index contributed by atoms with van der Waals surface area (Å²) in [5.74, 6) is -1.09. The number of carboxylic acids is 1. The molecule has 1 saturated heterocycles. The standard InChI is InChI=1S/C14H16FNO5/c1-19-12-8(15)5-10-13(21-3-2-20-10)11(12)9-4-7(6-16-9)14(17)18/h5,7,9,16H,2-4,6H2,1H3,(H,17,18). The van der Waals surface area contributed by atoms with E-state index in [1.54, 1.807) is 0 Å². The number of methoxy groups -OCH3 is 1. The first-order valence-electron chi connectivity index (χ1n) is 6.74. The van der Waals surface area contributed by atoms with Crippen LogP contribution in [-0.4, -0.2) is 37.9 Å². The number of benzene rings is 1. The monoisotopic (exact) mass is 297 g/mol. The predicted octanol–water partition coefficient (Wildman–Crippen LogP) is 1.34. The van der Waals surface area contributed by atoms with E-state index in [1.165, 1.54) is 13.2 Å². The summed E-state index contributed by atoms with van der Waals surface area (Å²) in [6, 6.07) is 0.896. The highest BCUT2D eigenvalue weighted by atomic mass is 19.1. The molecule has 2 atom stereocenters. The number of aliphatic carboxylic acids is 1. The molecule has 3 rings (SSSR count). The second-order valence-electron chi connectivity index (χ2n) is 5.06. The summed E-state index contributed by atoms with van der Waals surface area (Å²) in [7, 11) is 1.38. The van der Waals surface area contributed by atoms with Gasteiger partial charge in [0.25, 0.3) is 0 Å². The van der Waals surface area contributed by atoms with E-state index < -0.39 is 17.7 Å². The van der Waals surface area contributed by atoms with E-state index in [-0.39, 0.29) is 11.8 Å². The van der Waals surface area contributed by atoms with Crippen molar-refractivity contribution in [1.29, 1.82) is 0 Å². The minimum atomic E-state index is -0.869. The van der Waals surface area contributed by atoms with Gasteiger partial charge in [-0.2, -0.15) is 0 Å². The van der Waals surface area contributed by atoms with Crippen molar-refractivity contribution >= 4 is 5.97 Å². The van der Waals surface area contributed by atoms with Crippen LogP contribution in [0.1, 0.15) is 18.0 Å². The lowest BCUT2D eigenvalue weighted by molar-refractivity contribution is -0.141. The van der Waals surface area contributed by atoms with Crippen molar-refractivity contribution in [2.24, 2.45) is 5.92 Å². The summed E-state index contributed by atoms with van der Waals surface area (Å²) in [4.78, 5) is 11.1. The highest BCUT2D eigenvalue weighted by Crippen LogP contribution is 2.47. The van der Waals surface area contributed by atoms with E-state index >= 15 is 0 Å². The Bertz CT molecular complexity index is 577. The molecule has 6 nitrogen and oxygen atoms in total. The minimum absolute atomic E-state index is 0.0720. The molecule has 0 radical (unpaired) electrons. The zero-order valence-electron chi connectivity index (χ0n) is 11.5. The normalized spacial score (nSPS) is 23.9. The Kier molecular flexibility index (Phi) is 3.59. The first kappa shape index (κ1) is 13.9. The molecular weight excluding hydrogens is 281 g/mol. The number of rotatable bonds is 3. The molecule has 0 aromatic heterocycles. The molecule has 21 heavy (non-hydrogen) atoms. The summed E-state index contributed by atoms with van der Waals surface area (Å²) in [5, 5.41) is 12.2. The van der Waals surface area contributed by atoms with E-state index in [0.29, 0.717) is 43.2 Å². The van der Waals surface area contributed by atoms with Gasteiger partial charge in [0.1, 0.15) is 13.2 Å². The number of ether oxygens (including phenoxy) is 3. The molecule has 0 spiro atoms. The molecule has 114 valence electrons. The van der Waals surface area contributed by atoms with Gasteiger partial charge in [-0.05, 0) is 6.42 Å². The summed E-state index contributed by atoms with van der Waals surface area (Å²) in [6.45, 7) is 1.05. The quantitative estimate of drug-likeness (QED) is 0.877. The Morgan fingerprint density at radius 3 is 2.90 bits per heavy atom. The number of fused-ring (bicyclic) bond motifs is 1. The molecule has 7 heteroatoms. The molecule has 0 saturated carbocycles. The molecule has 2 aliphatic rings. The molecular formula is C14H16FNO5. The first-order valence-corrected chi connectivity index (χ1v) is 6.74. The number of halogens is 1. The van der Waals surface area contributed by atoms with Crippen LogP contribution >= 0.6 is 0 Å². The largest absolute Gasteiger partial charge is 0.493 e. The van der Waals surface area contributed by atoms with E-state index in [2.05, 4.69) is 5.32 Å². The molecule has 2 N–H and O–H groups in total. The second-order valence-corrected chi connectivity index (χ2v) is 5.06. The third-order valence-corrected chi connectivity index (χ3v) is 3.81. The maximum Gasteiger partial charge on any atom is 0.307 e. The van der Waals surface area contributed by atoms with Crippen molar-refractivity contribution in [3.05, 3.63) is 17.4 Å². The highest BCUT2D eigenvalue weighted by molar-refractivity contribution is 5.71. The van der Waals surface area contributed by atoms with Crippen LogP contribution in [0.2, 0.25) is 0 Å². The van der Waals surface area contributed by atoms with Crippen LogP contribution < -0.4 is 19.5 Å². The van der Waals surface area contributed by atoms with Crippen molar-refractivity contribution in [1.82, 2.24) is 5.32 Å². The summed E-state index contributed by atoms with van der Waals surface area (Å²) in [5.41, 5.74) is 0.496. The number of hydrogen-bond acceptors (Lipinski definition) is 5. The summed E-state index contributed by atoms with van der Waals surface area (Å²) in [6.07, 6.45) is 0.352. The Morgan fingerprint density at radius 1 is 1.48 bits per heavy atom. The fraction of sp³-hybridized carbons (Fsp3) is 0.500. The molecule has 2 unspecified atom stereocenters. The van der Waals surface area contributed by atoms with Gasteiger partial charge in [-0.1, -0.05) is 0 Å². The molecule has 2 heterocycles. The van der Waals surface area contributed by atoms with Crippen molar-refractivity contribution in [2.75, 3.05) is 26.9 Å². The number of carboxylic acid groups (broad SMARTS) is 1. The van der Waals surface area contributed by atoms with Gasteiger partial charge in [-0.3, -0.25) is 4.79 Å². The lowest BCUT2D eigenvalue weighted by Crippen LogP contribution is -2.21. The Hall–Kier alpha value is -2.02. The summed E-state index contributed by atoms with van der Waals surface area (Å²) < 4.78 is 30.3. The van der Waals surface area contributed by atoms with Crippen LogP contribution in [0, 0.1) is 11.7 Å². The second kappa shape index (κ2) is 5.40. The van der Waals surface area contributed by atoms with Gasteiger partial charge in [0.15, 0.2) is 23.1 Å². The van der Waals surface area contributed by atoms with Crippen LogP contribution in [0.25, 0.3) is 0 Å². The van der Waals surface area contributed by atoms with E-state index in [1.807, 2.05) is 0 Å². The third kappa shape index (κ3) is 2.37. The highest BCUT2D eigenvalue weighted by Gasteiger charge is 2.36. The molecule has 0 amide bonds. The van der Waals surface area contributed by atoms with E-state index in [9.17, 15) is 9.18 Å². The summed E-state index contributed by atoms with van der Waals surface area (Å²) >= 11 is 0. The Labute approximate surface area is 120 Å². The SMILES string of the molecule is COc1c(F)cc2c(c1C1CC(C(=O)O)CN1)OCCO2. The predicted molar refractivity (Wildman–Crippen MR) is 70.4 cm³/mol. The molecule has 2 aliphatic heterocycles. The van der Waals surface area contributed by atoms with Gasteiger partial charge in [0, 0.05) is 18.7 Å². The molecule has 0 aliphatic carbocycles. The minimum Gasteiger partial charge on any atom is -0.493 e. The van der Waals surface area contributed by atoms with Gasteiger partial charge in [-0.15, -0.1) is 0 Å². The fourth-order valence-corrected chi connectivity index (χ4v) is 2.83. The average Bonchev–Trinajstić information content (AvgIpc) is 2.95. The lowest BCUT2D eigenvalue weighted by atomic mass is 9.97. The smallest absolute Gasteiger partial charge is 0.307 e. The van der Waals surface area contributed by atoms with Crippen molar-refractivity contribution in [3.63, 3.8) is 0 Å². The van der Waals surface area contributed by atoms with Crippen LogP contribution in [0.15, 0.2) is 6.07 Å².